The number of oxime groups is 1. The number of rotatable bonds is 5. The highest BCUT2D eigenvalue weighted by Crippen LogP contribution is 2.35. The van der Waals surface area contributed by atoms with Gasteiger partial charge in [-0.15, -0.1) is 16.4 Å². The van der Waals surface area contributed by atoms with Crippen LogP contribution in [-0.4, -0.2) is 44.4 Å². The zero-order chi connectivity index (χ0) is 23.8. The van der Waals surface area contributed by atoms with Gasteiger partial charge in [-0.05, 0) is 31.9 Å². The van der Waals surface area contributed by atoms with Gasteiger partial charge in [0, 0.05) is 42.6 Å². The van der Waals surface area contributed by atoms with Crippen molar-refractivity contribution in [2.24, 2.45) is 5.16 Å². The van der Waals surface area contributed by atoms with Crippen LogP contribution >= 0.6 is 11.3 Å². The van der Waals surface area contributed by atoms with Gasteiger partial charge in [-0.3, -0.25) is 9.48 Å². The molecule has 5 rings (SSSR count). The summed E-state index contributed by atoms with van der Waals surface area (Å²) in [6.07, 6.45) is 0.943. The molecule has 0 radical (unpaired) electrons. The van der Waals surface area contributed by atoms with Crippen LogP contribution in [0.15, 0.2) is 34.8 Å². The Morgan fingerprint density at radius 2 is 1.94 bits per heavy atom. The Morgan fingerprint density at radius 3 is 2.62 bits per heavy atom. The Hall–Kier alpha value is -3.21. The number of aromatic nitrogens is 3. The molecule has 1 atom stereocenters. The van der Waals surface area contributed by atoms with Gasteiger partial charge in [0.15, 0.2) is 6.10 Å². The van der Waals surface area contributed by atoms with E-state index in [1.807, 2.05) is 5.38 Å². The Kier molecular flexibility index (Phi) is 6.11. The Morgan fingerprint density at radius 1 is 1.21 bits per heavy atom. The van der Waals surface area contributed by atoms with E-state index in [4.69, 9.17) is 9.82 Å². The first-order valence-electron chi connectivity index (χ1n) is 11.0. The first kappa shape index (κ1) is 22.6. The summed E-state index contributed by atoms with van der Waals surface area (Å²) in [6, 6.07) is 5.02. The molecule has 4 heterocycles. The minimum Gasteiger partial charge on any atom is -0.387 e. The van der Waals surface area contributed by atoms with Gasteiger partial charge in [0.2, 0.25) is 11.9 Å². The number of aryl methyl sites for hydroxylation is 1. The lowest BCUT2D eigenvalue weighted by Gasteiger charge is -2.31. The number of nitrogens with zero attached hydrogens (tertiary/aromatic N) is 5. The van der Waals surface area contributed by atoms with E-state index in [1.165, 1.54) is 40.3 Å². The van der Waals surface area contributed by atoms with Crippen molar-refractivity contribution >= 4 is 23.0 Å². The van der Waals surface area contributed by atoms with E-state index >= 15 is 0 Å². The molecule has 0 aliphatic carbocycles. The summed E-state index contributed by atoms with van der Waals surface area (Å²) in [6.45, 7) is 2.90. The molecule has 34 heavy (non-hydrogen) atoms. The first-order chi connectivity index (χ1) is 16.4. The maximum atomic E-state index is 14.1. The lowest BCUT2D eigenvalue weighted by atomic mass is 9.97. The SMILES string of the molecule is Cc1cc(F)nn1CC(=O)N1CCC(c2nc(C3=NO[C@@H](c4c(F)cccc4F)C3)cs2)CC1. The summed E-state index contributed by atoms with van der Waals surface area (Å²) in [4.78, 5) is 24.4. The molecule has 1 fully saturated rings. The van der Waals surface area contributed by atoms with E-state index in [0.717, 1.165) is 17.8 Å². The number of likely N-dealkylation sites (tertiary alicyclic amines) is 1. The number of carbonyl (C=O) groups excluding carboxylic acids is 1. The van der Waals surface area contributed by atoms with Crippen LogP contribution in [0.3, 0.4) is 0 Å². The number of halogens is 3. The van der Waals surface area contributed by atoms with Gasteiger partial charge in [0.05, 0.1) is 16.3 Å². The summed E-state index contributed by atoms with van der Waals surface area (Å²) in [5.41, 5.74) is 1.69. The molecule has 178 valence electrons. The number of thiazole rings is 1. The third-order valence-electron chi connectivity index (χ3n) is 6.24. The molecule has 2 aliphatic heterocycles. The fourth-order valence-corrected chi connectivity index (χ4v) is 5.34. The second-order valence-electron chi connectivity index (χ2n) is 8.46. The van der Waals surface area contributed by atoms with E-state index in [1.54, 1.807) is 11.8 Å². The van der Waals surface area contributed by atoms with Gasteiger partial charge >= 0.3 is 0 Å². The molecular formula is C23H22F3N5O2S. The van der Waals surface area contributed by atoms with Crippen LogP contribution in [-0.2, 0) is 16.2 Å². The van der Waals surface area contributed by atoms with Crippen LogP contribution in [0.2, 0.25) is 0 Å². The molecule has 7 nitrogen and oxygen atoms in total. The molecule has 11 heteroatoms. The van der Waals surface area contributed by atoms with Crippen molar-refractivity contribution in [3.8, 4) is 0 Å². The van der Waals surface area contributed by atoms with Crippen molar-refractivity contribution in [2.75, 3.05) is 13.1 Å². The van der Waals surface area contributed by atoms with Gasteiger partial charge in [-0.25, -0.2) is 13.8 Å². The molecule has 2 aromatic heterocycles. The van der Waals surface area contributed by atoms with E-state index < -0.39 is 23.7 Å². The maximum absolute atomic E-state index is 14.1. The smallest absolute Gasteiger partial charge is 0.244 e. The minimum atomic E-state index is -0.817. The summed E-state index contributed by atoms with van der Waals surface area (Å²) in [5.74, 6) is -1.79. The standard InChI is InChI=1S/C23H22F3N5O2S/c1-13-9-20(26)28-31(13)11-21(32)30-7-5-14(6-8-30)23-27-18(12-34-23)17-10-19(33-29-17)22-15(24)3-2-4-16(22)25/h2-4,9,12,14,19H,5-8,10-11H2,1H3/t19-/m1/s1. The predicted octanol–water partition coefficient (Wildman–Crippen LogP) is 4.34. The number of piperidine rings is 1. The maximum Gasteiger partial charge on any atom is 0.244 e. The molecule has 0 N–H and O–H groups in total. The lowest BCUT2D eigenvalue weighted by Crippen LogP contribution is -2.40. The Labute approximate surface area is 197 Å². The summed E-state index contributed by atoms with van der Waals surface area (Å²) < 4.78 is 42.8. The highest BCUT2D eigenvalue weighted by molar-refractivity contribution is 7.10. The fourth-order valence-electron chi connectivity index (χ4n) is 4.34. The van der Waals surface area contributed by atoms with Crippen LogP contribution in [0.25, 0.3) is 0 Å². The molecule has 1 saturated heterocycles. The Balaban J connectivity index is 1.18. The van der Waals surface area contributed by atoms with Gasteiger partial charge in [-0.2, -0.15) is 4.39 Å². The van der Waals surface area contributed by atoms with Crippen LogP contribution in [0.1, 0.15) is 53.2 Å². The molecule has 0 spiro atoms. The van der Waals surface area contributed by atoms with Gasteiger partial charge in [0.1, 0.15) is 23.9 Å². The fraction of sp³-hybridized carbons (Fsp3) is 0.391. The van der Waals surface area contributed by atoms with Crippen molar-refractivity contribution in [2.45, 2.75) is 44.8 Å². The largest absolute Gasteiger partial charge is 0.387 e. The van der Waals surface area contributed by atoms with Crippen LogP contribution in [0.5, 0.6) is 0 Å². The van der Waals surface area contributed by atoms with E-state index in [2.05, 4.69) is 10.3 Å². The normalized spacial score (nSPS) is 18.8. The summed E-state index contributed by atoms with van der Waals surface area (Å²) >= 11 is 1.51. The zero-order valence-corrected chi connectivity index (χ0v) is 19.2. The van der Waals surface area contributed by atoms with Crippen LogP contribution < -0.4 is 0 Å². The molecule has 1 aromatic carbocycles. The molecule has 0 bridgehead atoms. The third kappa shape index (κ3) is 4.44. The quantitative estimate of drug-likeness (QED) is 0.535. The minimum absolute atomic E-state index is 0.0193. The number of amides is 1. The average Bonchev–Trinajstić information content (AvgIpc) is 3.54. The first-order valence-corrected chi connectivity index (χ1v) is 11.9. The summed E-state index contributed by atoms with van der Waals surface area (Å²) in [7, 11) is 0. The number of carbonyl (C=O) groups is 1. The van der Waals surface area contributed by atoms with E-state index in [9.17, 15) is 18.0 Å². The molecule has 2 aliphatic rings. The van der Waals surface area contributed by atoms with Crippen molar-refractivity contribution in [1.82, 2.24) is 19.7 Å². The molecule has 1 amide bonds. The molecule has 3 aromatic rings. The van der Waals surface area contributed by atoms with E-state index in [-0.39, 0.29) is 30.4 Å². The molecular weight excluding hydrogens is 467 g/mol. The number of benzene rings is 1. The van der Waals surface area contributed by atoms with Crippen molar-refractivity contribution in [3.05, 3.63) is 69.2 Å². The highest BCUT2D eigenvalue weighted by Gasteiger charge is 2.31. The third-order valence-corrected chi connectivity index (χ3v) is 7.25. The monoisotopic (exact) mass is 489 g/mol. The van der Waals surface area contributed by atoms with E-state index in [0.29, 0.717) is 30.2 Å². The second-order valence-corrected chi connectivity index (χ2v) is 9.35. The topological polar surface area (TPSA) is 72.6 Å². The van der Waals surface area contributed by atoms with Crippen molar-refractivity contribution < 1.29 is 22.8 Å². The van der Waals surface area contributed by atoms with Gasteiger partial charge in [-0.1, -0.05) is 11.2 Å². The lowest BCUT2D eigenvalue weighted by molar-refractivity contribution is -0.133. The van der Waals surface area contributed by atoms with Gasteiger partial charge < -0.3 is 9.74 Å². The van der Waals surface area contributed by atoms with Crippen LogP contribution in [0.4, 0.5) is 13.2 Å². The molecule has 0 unspecified atom stereocenters. The van der Waals surface area contributed by atoms with Crippen LogP contribution in [0, 0.1) is 24.5 Å². The zero-order valence-electron chi connectivity index (χ0n) is 18.4. The molecule has 0 saturated carbocycles. The van der Waals surface area contributed by atoms with Crippen molar-refractivity contribution in [1.29, 1.82) is 0 Å². The predicted molar refractivity (Wildman–Crippen MR) is 119 cm³/mol. The van der Waals surface area contributed by atoms with Gasteiger partial charge in [0.25, 0.3) is 0 Å². The van der Waals surface area contributed by atoms with Crippen molar-refractivity contribution in [3.63, 3.8) is 0 Å². The number of hydrogen-bond acceptors (Lipinski definition) is 6. The summed E-state index contributed by atoms with van der Waals surface area (Å²) in [5, 5.41) is 10.6. The number of hydrogen-bond donors (Lipinski definition) is 0. The Bertz CT molecular complexity index is 1230. The average molecular weight is 490 g/mol. The highest BCUT2D eigenvalue weighted by atomic mass is 32.1. The second kappa shape index (κ2) is 9.21.